The Bertz CT molecular complexity index is 1270. The summed E-state index contributed by atoms with van der Waals surface area (Å²) < 4.78 is 49.0. The number of hydrogen-bond donors (Lipinski definition) is 1. The summed E-state index contributed by atoms with van der Waals surface area (Å²) in [6.45, 7) is 5.63. The van der Waals surface area contributed by atoms with Gasteiger partial charge in [0.05, 0.1) is 31.1 Å². The van der Waals surface area contributed by atoms with Gasteiger partial charge in [-0.3, -0.25) is 19.7 Å². The minimum Gasteiger partial charge on any atom is -0.498 e. The number of amides is 1. The Morgan fingerprint density at radius 3 is 2.52 bits per heavy atom. The number of methoxy groups -OCH3 is 1. The van der Waals surface area contributed by atoms with Gasteiger partial charge in [0.15, 0.2) is 23.5 Å². The lowest BCUT2D eigenvalue weighted by Crippen LogP contribution is -2.66. The first-order chi connectivity index (χ1) is 18.9. The maximum Gasteiger partial charge on any atom is 0.412 e. The van der Waals surface area contributed by atoms with Gasteiger partial charge in [0.25, 0.3) is 0 Å². The number of esters is 2. The molecule has 0 bridgehead atoms. The van der Waals surface area contributed by atoms with Crippen molar-refractivity contribution in [3.05, 3.63) is 42.2 Å². The third-order valence-corrected chi connectivity index (χ3v) is 9.59. The van der Waals surface area contributed by atoms with Crippen molar-refractivity contribution in [2.45, 2.75) is 64.8 Å². The first kappa shape index (κ1) is 28.0. The van der Waals surface area contributed by atoms with Crippen molar-refractivity contribution in [1.82, 2.24) is 0 Å². The zero-order valence-electron chi connectivity index (χ0n) is 22.8. The van der Waals surface area contributed by atoms with Crippen LogP contribution in [0, 0.1) is 46.1 Å². The van der Waals surface area contributed by atoms with Gasteiger partial charge in [-0.1, -0.05) is 13.8 Å². The molecule has 2 aliphatic heterocycles. The predicted molar refractivity (Wildman–Crippen MR) is 135 cm³/mol. The Kier molecular flexibility index (Phi) is 7.12. The first-order valence-corrected chi connectivity index (χ1v) is 13.5. The monoisotopic (exact) mass is 561 g/mol. The quantitative estimate of drug-likeness (QED) is 0.421. The number of cyclic esters (lactones) is 1. The van der Waals surface area contributed by atoms with Gasteiger partial charge in [0, 0.05) is 24.1 Å². The summed E-state index contributed by atoms with van der Waals surface area (Å²) in [5.74, 6) is -5.96. The fourth-order valence-electron chi connectivity index (χ4n) is 7.66. The second kappa shape index (κ2) is 10.2. The Morgan fingerprint density at radius 1 is 1.12 bits per heavy atom. The molecule has 1 saturated heterocycles. The molecule has 40 heavy (non-hydrogen) atoms. The number of Topliss-reactive ketones (excluding diaryl/α,β-unsaturated/α-hetero) is 1. The number of fused-ring (bicyclic) bond motifs is 3. The van der Waals surface area contributed by atoms with Crippen molar-refractivity contribution in [2.75, 3.05) is 12.4 Å². The molecule has 216 valence electrons. The Balaban J connectivity index is 1.47. The van der Waals surface area contributed by atoms with Crippen LogP contribution in [-0.4, -0.2) is 49.2 Å². The smallest absolute Gasteiger partial charge is 0.412 e. The number of carbonyl (C=O) groups excluding carboxylic acids is 4. The van der Waals surface area contributed by atoms with Crippen LogP contribution in [0.4, 0.5) is 19.3 Å². The third kappa shape index (κ3) is 4.53. The number of hydrogen-bond acceptors (Lipinski definition) is 8. The van der Waals surface area contributed by atoms with Gasteiger partial charge in [0.2, 0.25) is 0 Å². The van der Waals surface area contributed by atoms with E-state index in [4.69, 9.17) is 18.9 Å². The number of ether oxygens (including phenoxy) is 4. The van der Waals surface area contributed by atoms with Crippen molar-refractivity contribution in [3.63, 3.8) is 0 Å². The van der Waals surface area contributed by atoms with E-state index in [9.17, 15) is 28.0 Å². The lowest BCUT2D eigenvalue weighted by molar-refractivity contribution is -0.210. The molecule has 1 N–H and O–H groups in total. The molecule has 0 spiro atoms. The van der Waals surface area contributed by atoms with E-state index in [1.54, 1.807) is 6.26 Å². The van der Waals surface area contributed by atoms with Crippen molar-refractivity contribution in [2.24, 2.45) is 34.5 Å². The fourth-order valence-corrected chi connectivity index (χ4v) is 7.66. The molecule has 0 radical (unpaired) electrons. The fraction of sp³-hybridized carbons (Fsp3) is 0.586. The average molecular weight is 562 g/mol. The molecule has 2 aliphatic carbocycles. The van der Waals surface area contributed by atoms with E-state index in [-0.39, 0.29) is 24.1 Å². The topological polar surface area (TPSA) is 117 Å². The Labute approximate surface area is 230 Å². The van der Waals surface area contributed by atoms with E-state index >= 15 is 0 Å². The zero-order chi connectivity index (χ0) is 29.0. The second-order valence-electron chi connectivity index (χ2n) is 11.8. The lowest BCUT2D eigenvalue weighted by Gasteiger charge is -2.61. The SMILES string of the molecule is COC(=O)[C@@H]1C[C@H](OC(=O)Nc2ccc(F)c(F)c2)C(=O)[C@H]2[C@@]1(C)CC[C@H]1C(=O)O[C@H](C3C=COC3C)C[C@]21C. The van der Waals surface area contributed by atoms with Crippen LogP contribution >= 0.6 is 0 Å². The summed E-state index contributed by atoms with van der Waals surface area (Å²) >= 11 is 0. The van der Waals surface area contributed by atoms with E-state index in [1.165, 1.54) is 7.11 Å². The summed E-state index contributed by atoms with van der Waals surface area (Å²) in [6, 6.07) is 2.79. The van der Waals surface area contributed by atoms with Gasteiger partial charge in [0.1, 0.15) is 12.2 Å². The number of anilines is 1. The van der Waals surface area contributed by atoms with Crippen molar-refractivity contribution < 1.29 is 46.9 Å². The second-order valence-corrected chi connectivity index (χ2v) is 11.8. The zero-order valence-corrected chi connectivity index (χ0v) is 22.8. The van der Waals surface area contributed by atoms with Crippen LogP contribution in [0.25, 0.3) is 0 Å². The van der Waals surface area contributed by atoms with Crippen LogP contribution in [0.3, 0.4) is 0 Å². The first-order valence-electron chi connectivity index (χ1n) is 13.5. The molecule has 1 aromatic carbocycles. The van der Waals surface area contributed by atoms with E-state index in [2.05, 4.69) is 5.32 Å². The molecule has 1 amide bonds. The molecule has 5 rings (SSSR count). The molecule has 9 nitrogen and oxygen atoms in total. The molecule has 2 saturated carbocycles. The average Bonchev–Trinajstić information content (AvgIpc) is 3.32. The van der Waals surface area contributed by atoms with E-state index in [0.717, 1.165) is 18.2 Å². The number of benzene rings is 1. The minimum atomic E-state index is -1.33. The van der Waals surface area contributed by atoms with E-state index in [1.807, 2.05) is 26.8 Å². The van der Waals surface area contributed by atoms with Gasteiger partial charge in [-0.25, -0.2) is 13.6 Å². The normalized spacial score (nSPS) is 38.4. The van der Waals surface area contributed by atoms with Gasteiger partial charge in [-0.15, -0.1) is 0 Å². The molecular weight excluding hydrogens is 528 g/mol. The number of rotatable bonds is 4. The van der Waals surface area contributed by atoms with Crippen molar-refractivity contribution in [3.8, 4) is 0 Å². The lowest BCUT2D eigenvalue weighted by atomic mass is 9.43. The van der Waals surface area contributed by atoms with Crippen LogP contribution in [0.5, 0.6) is 0 Å². The maximum atomic E-state index is 14.2. The summed E-state index contributed by atoms with van der Waals surface area (Å²) in [7, 11) is 1.26. The standard InChI is InChI=1S/C29H33F2NO8/c1-14-16(8-10-38-14)22-13-29(3)17(26(35)39-22)7-9-28(2)18(25(34)37-4)12-21(23(33)24(28)29)40-27(36)32-15-5-6-19(30)20(31)11-15/h5-6,8,10-11,14,16-18,21-22,24H,7,9,12-13H2,1-4H3,(H,32,36)/t14?,16?,17-,18-,21-,22-,24-,28-,29-/m0/s1. The van der Waals surface area contributed by atoms with Crippen LogP contribution in [-0.2, 0) is 33.3 Å². The molecule has 3 fully saturated rings. The highest BCUT2D eigenvalue weighted by Crippen LogP contribution is 2.64. The number of halogens is 2. The van der Waals surface area contributed by atoms with Gasteiger partial charge < -0.3 is 18.9 Å². The largest absolute Gasteiger partial charge is 0.498 e. The minimum absolute atomic E-state index is 0.0648. The van der Waals surface area contributed by atoms with E-state index < -0.39 is 76.2 Å². The molecule has 9 atom stereocenters. The Morgan fingerprint density at radius 2 is 1.88 bits per heavy atom. The molecule has 2 heterocycles. The molecule has 11 heteroatoms. The highest BCUT2D eigenvalue weighted by Gasteiger charge is 2.68. The van der Waals surface area contributed by atoms with E-state index in [0.29, 0.717) is 19.3 Å². The van der Waals surface area contributed by atoms with Crippen LogP contribution in [0.15, 0.2) is 30.5 Å². The number of carbonyl (C=O) groups is 4. The molecule has 0 aromatic heterocycles. The van der Waals surface area contributed by atoms with Crippen molar-refractivity contribution in [1.29, 1.82) is 0 Å². The van der Waals surface area contributed by atoms with Crippen molar-refractivity contribution >= 4 is 29.5 Å². The molecule has 1 aromatic rings. The Hall–Kier alpha value is -3.50. The summed E-state index contributed by atoms with van der Waals surface area (Å²) in [6.07, 6.45) is 1.39. The number of nitrogens with one attached hydrogen (secondary N) is 1. The molecule has 4 aliphatic rings. The highest BCUT2D eigenvalue weighted by molar-refractivity contribution is 5.94. The maximum absolute atomic E-state index is 14.2. The molecule has 2 unspecified atom stereocenters. The van der Waals surface area contributed by atoms with Crippen LogP contribution in [0.2, 0.25) is 0 Å². The summed E-state index contributed by atoms with van der Waals surface area (Å²) in [5, 5.41) is 2.31. The van der Waals surface area contributed by atoms with Gasteiger partial charge in [-0.2, -0.15) is 0 Å². The van der Waals surface area contributed by atoms with Crippen LogP contribution in [0.1, 0.15) is 46.5 Å². The van der Waals surface area contributed by atoms with Gasteiger partial charge in [-0.05, 0) is 55.2 Å². The summed E-state index contributed by atoms with van der Waals surface area (Å²) in [5.41, 5.74) is -1.82. The van der Waals surface area contributed by atoms with Gasteiger partial charge >= 0.3 is 18.0 Å². The summed E-state index contributed by atoms with van der Waals surface area (Å²) in [4.78, 5) is 53.4. The highest BCUT2D eigenvalue weighted by atomic mass is 19.2. The predicted octanol–water partition coefficient (Wildman–Crippen LogP) is 4.55. The number of ketones is 1. The molecular formula is C29H33F2NO8. The van der Waals surface area contributed by atoms with Crippen LogP contribution < -0.4 is 5.32 Å². The third-order valence-electron chi connectivity index (χ3n) is 9.59.